The second-order valence-corrected chi connectivity index (χ2v) is 4.90. The molecule has 0 radical (unpaired) electrons. The number of hydrogen-bond acceptors (Lipinski definition) is 3. The molecule has 4 nitrogen and oxygen atoms in total. The number of aromatic hydroxyl groups is 1. The van der Waals surface area contributed by atoms with Crippen LogP contribution in [0.15, 0.2) is 59.7 Å². The fourth-order valence-corrected chi connectivity index (χ4v) is 1.91. The van der Waals surface area contributed by atoms with Crippen LogP contribution in [0, 0.1) is 0 Å². The van der Waals surface area contributed by atoms with E-state index in [0.29, 0.717) is 22.9 Å². The van der Waals surface area contributed by atoms with Crippen LogP contribution in [0.5, 0.6) is 5.75 Å². The fraction of sp³-hybridized carbons (Fsp3) is 0.125. The van der Waals surface area contributed by atoms with Crippen molar-refractivity contribution in [3.63, 3.8) is 0 Å². The van der Waals surface area contributed by atoms with Gasteiger partial charge in [-0.15, -0.1) is 0 Å². The van der Waals surface area contributed by atoms with E-state index in [2.05, 4.69) is 15.8 Å². The molecule has 2 aromatic rings. The van der Waals surface area contributed by atoms with Gasteiger partial charge in [0.05, 0.1) is 5.71 Å². The summed E-state index contributed by atoms with van der Waals surface area (Å²) in [7, 11) is 0. The largest absolute Gasteiger partial charge is 0.507 e. The molecular weight excluding hydrogens is 282 g/mol. The highest BCUT2D eigenvalue weighted by molar-refractivity contribution is 7.80. The van der Waals surface area contributed by atoms with Gasteiger partial charge in [-0.25, -0.2) is 0 Å². The number of rotatable bonds is 4. The number of para-hydroxylation sites is 1. The molecule has 0 unspecified atom stereocenters. The Kier molecular flexibility index (Phi) is 5.29. The summed E-state index contributed by atoms with van der Waals surface area (Å²) in [5.41, 5.74) is 5.26. The first-order valence-electron chi connectivity index (χ1n) is 6.57. The third kappa shape index (κ3) is 4.57. The minimum atomic E-state index is 0.198. The molecule has 0 saturated carbocycles. The second kappa shape index (κ2) is 7.40. The number of benzene rings is 2. The van der Waals surface area contributed by atoms with Crippen molar-refractivity contribution in [3.05, 3.63) is 65.7 Å². The Morgan fingerprint density at radius 2 is 1.76 bits per heavy atom. The molecule has 0 aliphatic heterocycles. The molecular formula is C16H17N3OS. The number of nitrogens with one attached hydrogen (secondary N) is 2. The SMILES string of the molecule is C/C(=N\NC(=S)NCc1ccccc1)c1ccccc1O. The summed E-state index contributed by atoms with van der Waals surface area (Å²) in [4.78, 5) is 0. The molecule has 0 fully saturated rings. The van der Waals surface area contributed by atoms with Gasteiger partial charge in [-0.05, 0) is 36.8 Å². The van der Waals surface area contributed by atoms with Crippen molar-refractivity contribution in [1.29, 1.82) is 0 Å². The van der Waals surface area contributed by atoms with E-state index in [1.54, 1.807) is 18.2 Å². The Balaban J connectivity index is 1.88. The molecule has 0 aromatic heterocycles. The summed E-state index contributed by atoms with van der Waals surface area (Å²) in [6, 6.07) is 17.0. The standard InChI is InChI=1S/C16H17N3OS/c1-12(14-9-5-6-10-15(14)20)18-19-16(21)17-11-13-7-3-2-4-8-13/h2-10,20H,11H2,1H3,(H2,17,19,21)/b18-12+. The third-order valence-corrected chi connectivity index (χ3v) is 3.15. The van der Waals surface area contributed by atoms with Crippen LogP contribution < -0.4 is 10.7 Å². The summed E-state index contributed by atoms with van der Waals surface area (Å²) in [6.45, 7) is 2.44. The summed E-state index contributed by atoms with van der Waals surface area (Å²) in [5, 5.41) is 17.4. The minimum Gasteiger partial charge on any atom is -0.507 e. The van der Waals surface area contributed by atoms with Gasteiger partial charge in [0.2, 0.25) is 0 Å². The zero-order chi connectivity index (χ0) is 15.1. The fourth-order valence-electron chi connectivity index (χ4n) is 1.79. The number of phenols is 1. The lowest BCUT2D eigenvalue weighted by Gasteiger charge is -2.08. The van der Waals surface area contributed by atoms with Crippen molar-refractivity contribution in [1.82, 2.24) is 10.7 Å². The zero-order valence-electron chi connectivity index (χ0n) is 11.7. The quantitative estimate of drug-likeness (QED) is 0.461. The maximum absolute atomic E-state index is 9.74. The maximum atomic E-state index is 9.74. The van der Waals surface area contributed by atoms with Crippen LogP contribution in [0.1, 0.15) is 18.1 Å². The van der Waals surface area contributed by atoms with Gasteiger partial charge < -0.3 is 10.4 Å². The molecule has 108 valence electrons. The summed E-state index contributed by atoms with van der Waals surface area (Å²) in [6.07, 6.45) is 0. The second-order valence-electron chi connectivity index (χ2n) is 4.49. The number of nitrogens with zero attached hydrogens (tertiary/aromatic N) is 1. The van der Waals surface area contributed by atoms with Crippen molar-refractivity contribution < 1.29 is 5.11 Å². The highest BCUT2D eigenvalue weighted by atomic mass is 32.1. The zero-order valence-corrected chi connectivity index (χ0v) is 12.5. The first kappa shape index (κ1) is 15.0. The first-order valence-corrected chi connectivity index (χ1v) is 6.98. The van der Waals surface area contributed by atoms with Crippen LogP contribution >= 0.6 is 12.2 Å². The van der Waals surface area contributed by atoms with Crippen molar-refractivity contribution in [3.8, 4) is 5.75 Å². The number of hydrogen-bond donors (Lipinski definition) is 3. The Morgan fingerprint density at radius 1 is 1.10 bits per heavy atom. The molecule has 0 amide bonds. The monoisotopic (exact) mass is 299 g/mol. The molecule has 5 heteroatoms. The Hall–Kier alpha value is -2.40. The van der Waals surface area contributed by atoms with Crippen molar-refractivity contribution in [2.24, 2.45) is 5.10 Å². The third-order valence-electron chi connectivity index (χ3n) is 2.91. The van der Waals surface area contributed by atoms with Gasteiger partial charge in [-0.1, -0.05) is 42.5 Å². The van der Waals surface area contributed by atoms with Gasteiger partial charge in [-0.3, -0.25) is 5.43 Å². The lowest BCUT2D eigenvalue weighted by molar-refractivity contribution is 0.474. The molecule has 0 saturated heterocycles. The number of phenolic OH excluding ortho intramolecular Hbond substituents is 1. The molecule has 3 N–H and O–H groups in total. The van der Waals surface area contributed by atoms with Crippen LogP contribution in [0.25, 0.3) is 0 Å². The van der Waals surface area contributed by atoms with E-state index >= 15 is 0 Å². The minimum absolute atomic E-state index is 0.198. The molecule has 0 atom stereocenters. The Morgan fingerprint density at radius 3 is 2.48 bits per heavy atom. The molecule has 0 bridgehead atoms. The van der Waals surface area contributed by atoms with Gasteiger partial charge in [0.1, 0.15) is 5.75 Å². The van der Waals surface area contributed by atoms with E-state index in [-0.39, 0.29) is 5.75 Å². The van der Waals surface area contributed by atoms with E-state index < -0.39 is 0 Å². The van der Waals surface area contributed by atoms with Crippen LogP contribution in [0.4, 0.5) is 0 Å². The van der Waals surface area contributed by atoms with Crippen LogP contribution in [0.2, 0.25) is 0 Å². The molecule has 2 rings (SSSR count). The Labute approximate surface area is 129 Å². The van der Waals surface area contributed by atoms with E-state index in [1.165, 1.54) is 0 Å². The Bertz CT molecular complexity index is 641. The average molecular weight is 299 g/mol. The van der Waals surface area contributed by atoms with Gasteiger partial charge in [0.25, 0.3) is 0 Å². The van der Waals surface area contributed by atoms with Crippen LogP contribution in [0.3, 0.4) is 0 Å². The predicted octanol–water partition coefficient (Wildman–Crippen LogP) is 2.78. The average Bonchev–Trinajstić information content (AvgIpc) is 2.52. The lowest BCUT2D eigenvalue weighted by atomic mass is 10.1. The van der Waals surface area contributed by atoms with E-state index in [0.717, 1.165) is 5.56 Å². The number of thiocarbonyl (C=S) groups is 1. The smallest absolute Gasteiger partial charge is 0.187 e. The predicted molar refractivity (Wildman–Crippen MR) is 89.3 cm³/mol. The highest BCUT2D eigenvalue weighted by Crippen LogP contribution is 2.15. The molecule has 0 aliphatic carbocycles. The summed E-state index contributed by atoms with van der Waals surface area (Å²) >= 11 is 5.16. The van der Waals surface area contributed by atoms with Gasteiger partial charge in [0, 0.05) is 12.1 Å². The van der Waals surface area contributed by atoms with E-state index in [4.69, 9.17) is 12.2 Å². The van der Waals surface area contributed by atoms with E-state index in [9.17, 15) is 5.11 Å². The number of hydrazone groups is 1. The summed E-state index contributed by atoms with van der Waals surface area (Å²) < 4.78 is 0. The first-order chi connectivity index (χ1) is 10.2. The van der Waals surface area contributed by atoms with Crippen molar-refractivity contribution >= 4 is 23.0 Å². The normalized spacial score (nSPS) is 11.0. The molecule has 0 spiro atoms. The van der Waals surface area contributed by atoms with Crippen molar-refractivity contribution in [2.75, 3.05) is 0 Å². The highest BCUT2D eigenvalue weighted by Gasteiger charge is 2.03. The van der Waals surface area contributed by atoms with Gasteiger partial charge in [-0.2, -0.15) is 5.10 Å². The van der Waals surface area contributed by atoms with Gasteiger partial charge >= 0.3 is 0 Å². The molecule has 0 aliphatic rings. The molecule has 2 aromatic carbocycles. The van der Waals surface area contributed by atoms with Crippen molar-refractivity contribution in [2.45, 2.75) is 13.5 Å². The lowest BCUT2D eigenvalue weighted by Crippen LogP contribution is -2.32. The van der Waals surface area contributed by atoms with Crippen LogP contribution in [-0.2, 0) is 6.54 Å². The maximum Gasteiger partial charge on any atom is 0.187 e. The van der Waals surface area contributed by atoms with Gasteiger partial charge in [0.15, 0.2) is 5.11 Å². The van der Waals surface area contributed by atoms with E-state index in [1.807, 2.05) is 43.3 Å². The molecule has 0 heterocycles. The molecule has 21 heavy (non-hydrogen) atoms. The van der Waals surface area contributed by atoms with Crippen LogP contribution in [-0.4, -0.2) is 15.9 Å². The topological polar surface area (TPSA) is 56.7 Å². The summed E-state index contributed by atoms with van der Waals surface area (Å²) in [5.74, 6) is 0.198.